The van der Waals surface area contributed by atoms with Gasteiger partial charge in [-0.2, -0.15) is 10.1 Å². The zero-order chi connectivity index (χ0) is 25.3. The number of rotatable bonds is 7. The Bertz CT molecular complexity index is 1380. The summed E-state index contributed by atoms with van der Waals surface area (Å²) < 4.78 is 28.8. The van der Waals surface area contributed by atoms with E-state index in [1.165, 1.54) is 7.05 Å². The number of carbonyl (C=O) groups is 1. The van der Waals surface area contributed by atoms with Crippen LogP contribution in [-0.4, -0.2) is 55.1 Å². The molecule has 2 N–H and O–H groups in total. The Morgan fingerprint density at radius 2 is 2.03 bits per heavy atom. The number of nitrogens with zero attached hydrogens (tertiary/aromatic N) is 6. The first-order chi connectivity index (χ1) is 17.4. The van der Waals surface area contributed by atoms with E-state index in [9.17, 15) is 13.6 Å². The first kappa shape index (κ1) is 24.2. The molecule has 186 valence electrons. The summed E-state index contributed by atoms with van der Waals surface area (Å²) in [4.78, 5) is 29.9. The molecule has 3 aromatic heterocycles. The molecule has 0 unspecified atom stereocenters. The zero-order valence-electron chi connectivity index (χ0n) is 19.3. The molecule has 0 spiro atoms. The van der Waals surface area contributed by atoms with E-state index in [0.29, 0.717) is 29.0 Å². The van der Waals surface area contributed by atoms with Gasteiger partial charge in [0.1, 0.15) is 4.60 Å². The normalized spacial score (nSPS) is 19.6. The molecule has 0 bridgehead atoms. The number of halogens is 3. The number of carbonyl (C=O) groups excluding carboxylic acids is 1. The zero-order valence-corrected chi connectivity index (χ0v) is 20.9. The molecule has 4 aromatic rings. The van der Waals surface area contributed by atoms with Crippen LogP contribution in [0, 0.1) is 5.41 Å². The molecule has 1 aliphatic rings. The van der Waals surface area contributed by atoms with Gasteiger partial charge in [0.2, 0.25) is 18.3 Å². The fourth-order valence-corrected chi connectivity index (χ4v) is 5.26. The van der Waals surface area contributed by atoms with Crippen LogP contribution in [0.5, 0.6) is 0 Å². The van der Waals surface area contributed by atoms with Gasteiger partial charge in [0.05, 0.1) is 28.4 Å². The molecule has 1 fully saturated rings. The average molecular weight is 557 g/mol. The second-order valence-electron chi connectivity index (χ2n) is 8.81. The lowest BCUT2D eigenvalue weighted by Crippen LogP contribution is -2.39. The number of hydrogen-bond donors (Lipinski definition) is 2. The lowest BCUT2D eigenvalue weighted by molar-refractivity contribution is -0.132. The van der Waals surface area contributed by atoms with Crippen molar-refractivity contribution in [3.8, 4) is 16.9 Å². The van der Waals surface area contributed by atoms with Gasteiger partial charge in [0.25, 0.3) is 0 Å². The fourth-order valence-electron chi connectivity index (χ4n) is 4.82. The number of nitrogens with one attached hydrogen (secondary N) is 2. The van der Waals surface area contributed by atoms with Gasteiger partial charge in [-0.05, 0) is 47.3 Å². The van der Waals surface area contributed by atoms with Crippen molar-refractivity contribution in [1.82, 2.24) is 35.0 Å². The van der Waals surface area contributed by atoms with Gasteiger partial charge in [-0.25, -0.2) is 18.4 Å². The van der Waals surface area contributed by atoms with Crippen LogP contribution >= 0.6 is 15.9 Å². The van der Waals surface area contributed by atoms with Crippen molar-refractivity contribution in [2.45, 2.75) is 38.2 Å². The molecule has 0 saturated heterocycles. The summed E-state index contributed by atoms with van der Waals surface area (Å²) in [5.41, 5.74) is 1.96. The Morgan fingerprint density at radius 3 is 2.72 bits per heavy atom. The van der Waals surface area contributed by atoms with Gasteiger partial charge < -0.3 is 10.6 Å². The maximum atomic E-state index is 13.2. The molecule has 12 heteroatoms. The van der Waals surface area contributed by atoms with Crippen molar-refractivity contribution in [2.75, 3.05) is 12.4 Å². The number of amides is 1. The Hall–Kier alpha value is -3.54. The molecule has 1 aromatic carbocycles. The Morgan fingerprint density at radius 1 is 1.22 bits per heavy atom. The van der Waals surface area contributed by atoms with Crippen molar-refractivity contribution >= 4 is 38.8 Å². The molecule has 2 atom stereocenters. The predicted octanol–water partition coefficient (Wildman–Crippen LogP) is 4.39. The third kappa shape index (κ3) is 4.64. The van der Waals surface area contributed by atoms with Gasteiger partial charge in [-0.1, -0.05) is 12.1 Å². The smallest absolute Gasteiger partial charge is 0.239 e. The summed E-state index contributed by atoms with van der Waals surface area (Å²) in [7, 11) is 1.48. The van der Waals surface area contributed by atoms with E-state index in [1.807, 2.05) is 24.3 Å². The second-order valence-corrected chi connectivity index (χ2v) is 9.56. The predicted molar refractivity (Wildman–Crippen MR) is 134 cm³/mol. The highest BCUT2D eigenvalue weighted by molar-refractivity contribution is 9.10. The maximum Gasteiger partial charge on any atom is 0.239 e. The lowest BCUT2D eigenvalue weighted by atomic mass is 9.81. The largest absolute Gasteiger partial charge is 0.359 e. The minimum Gasteiger partial charge on any atom is -0.359 e. The SMILES string of the molecule is CNC(=O)[C@]1(CC(F)F)CC[C@@H](Nc2ncc3c(Br)nn(-c4ccc(-c5cnccn5)cc4)c3n2)C1. The number of anilines is 1. The van der Waals surface area contributed by atoms with Crippen LogP contribution in [0.1, 0.15) is 25.7 Å². The van der Waals surface area contributed by atoms with Crippen LogP contribution in [0.25, 0.3) is 28.0 Å². The van der Waals surface area contributed by atoms with E-state index in [0.717, 1.165) is 22.3 Å². The fraction of sp³-hybridized carbons (Fsp3) is 0.333. The van der Waals surface area contributed by atoms with Crippen molar-refractivity contribution in [3.05, 3.63) is 53.7 Å². The van der Waals surface area contributed by atoms with Gasteiger partial charge in [0, 0.05) is 43.7 Å². The summed E-state index contributed by atoms with van der Waals surface area (Å²) in [6.07, 6.45) is 4.83. The summed E-state index contributed by atoms with van der Waals surface area (Å²) in [6, 6.07) is 7.49. The third-order valence-corrected chi connectivity index (χ3v) is 7.13. The quantitative estimate of drug-likeness (QED) is 0.347. The summed E-state index contributed by atoms with van der Waals surface area (Å²) in [5, 5.41) is 11.1. The average Bonchev–Trinajstić information content (AvgIpc) is 3.44. The minimum atomic E-state index is -2.55. The van der Waals surface area contributed by atoms with Crippen molar-refractivity contribution in [1.29, 1.82) is 0 Å². The van der Waals surface area contributed by atoms with Crippen molar-refractivity contribution < 1.29 is 13.6 Å². The molecular formula is C24H23BrF2N8O. The van der Waals surface area contributed by atoms with Crippen LogP contribution in [0.2, 0.25) is 0 Å². The van der Waals surface area contributed by atoms with Crippen molar-refractivity contribution in [2.24, 2.45) is 5.41 Å². The Labute approximate surface area is 213 Å². The van der Waals surface area contributed by atoms with Gasteiger partial charge in [-0.3, -0.25) is 14.8 Å². The van der Waals surface area contributed by atoms with E-state index in [1.54, 1.807) is 29.5 Å². The second kappa shape index (κ2) is 9.84. The molecule has 1 amide bonds. The number of aromatic nitrogens is 6. The van der Waals surface area contributed by atoms with E-state index in [-0.39, 0.29) is 18.4 Å². The summed E-state index contributed by atoms with van der Waals surface area (Å²) in [6.45, 7) is 0. The summed E-state index contributed by atoms with van der Waals surface area (Å²) >= 11 is 3.47. The number of benzene rings is 1. The standard InChI is InChI=1S/C24H23BrF2N8O/c1-28-22(36)24(11-19(26)27)7-6-15(10-24)32-23-31-12-17-20(25)34-35(21(17)33-23)16-4-2-14(3-5-16)18-13-29-8-9-30-18/h2-5,8-9,12-13,15,19H,6-7,10-11H2,1H3,(H,28,36)(H,31,32,33)/t15-,24-/m1/s1. The molecule has 0 radical (unpaired) electrons. The van der Waals surface area contributed by atoms with E-state index >= 15 is 0 Å². The molecule has 5 rings (SSSR count). The summed E-state index contributed by atoms with van der Waals surface area (Å²) in [5.74, 6) is -0.00232. The molecular weight excluding hydrogens is 534 g/mol. The number of alkyl halides is 2. The molecule has 1 aliphatic carbocycles. The lowest BCUT2D eigenvalue weighted by Gasteiger charge is -2.27. The van der Waals surface area contributed by atoms with E-state index in [4.69, 9.17) is 0 Å². The van der Waals surface area contributed by atoms with Crippen LogP contribution < -0.4 is 10.6 Å². The highest BCUT2D eigenvalue weighted by atomic mass is 79.9. The topological polar surface area (TPSA) is 111 Å². The van der Waals surface area contributed by atoms with Crippen LogP contribution in [-0.2, 0) is 4.79 Å². The minimum absolute atomic E-state index is 0.204. The molecule has 1 saturated carbocycles. The molecule has 36 heavy (non-hydrogen) atoms. The van der Waals surface area contributed by atoms with E-state index in [2.05, 4.69) is 51.6 Å². The highest BCUT2D eigenvalue weighted by Crippen LogP contribution is 2.44. The van der Waals surface area contributed by atoms with Crippen LogP contribution in [0.3, 0.4) is 0 Å². The maximum absolute atomic E-state index is 13.2. The monoisotopic (exact) mass is 556 g/mol. The number of hydrogen-bond acceptors (Lipinski definition) is 7. The number of fused-ring (bicyclic) bond motifs is 1. The van der Waals surface area contributed by atoms with Crippen molar-refractivity contribution in [3.63, 3.8) is 0 Å². The van der Waals surface area contributed by atoms with Gasteiger partial charge in [-0.15, -0.1) is 0 Å². The Balaban J connectivity index is 1.40. The third-order valence-electron chi connectivity index (χ3n) is 6.55. The molecule has 3 heterocycles. The van der Waals surface area contributed by atoms with E-state index < -0.39 is 18.3 Å². The molecule has 9 nitrogen and oxygen atoms in total. The highest BCUT2D eigenvalue weighted by Gasteiger charge is 2.46. The first-order valence-electron chi connectivity index (χ1n) is 11.4. The van der Waals surface area contributed by atoms with Crippen LogP contribution in [0.4, 0.5) is 14.7 Å². The van der Waals surface area contributed by atoms with Gasteiger partial charge >= 0.3 is 0 Å². The first-order valence-corrected chi connectivity index (χ1v) is 12.2. The van der Waals surface area contributed by atoms with Crippen LogP contribution in [0.15, 0.2) is 53.7 Å². The molecule has 0 aliphatic heterocycles. The van der Waals surface area contributed by atoms with Gasteiger partial charge in [0.15, 0.2) is 5.65 Å². The Kier molecular flexibility index (Phi) is 6.61.